The first-order valence-electron chi connectivity index (χ1n) is 6.99. The third-order valence-electron chi connectivity index (χ3n) is 3.22. The quantitative estimate of drug-likeness (QED) is 0.817. The van der Waals surface area contributed by atoms with Crippen molar-refractivity contribution in [3.05, 3.63) is 18.2 Å². The topological polar surface area (TPSA) is 64.7 Å². The van der Waals surface area contributed by atoms with Crippen LogP contribution in [-0.4, -0.2) is 35.7 Å². The molecule has 0 saturated carbocycles. The molecule has 0 bridgehead atoms. The highest BCUT2D eigenvalue weighted by molar-refractivity contribution is 7.99. The van der Waals surface area contributed by atoms with Crippen molar-refractivity contribution < 1.29 is 14.6 Å². The summed E-state index contributed by atoms with van der Waals surface area (Å²) >= 11 is 1.71. The number of fused-ring (bicyclic) bond motifs is 1. The van der Waals surface area contributed by atoms with Crippen LogP contribution in [0.5, 0.6) is 11.5 Å². The lowest BCUT2D eigenvalue weighted by molar-refractivity contribution is 0.0608. The summed E-state index contributed by atoms with van der Waals surface area (Å²) in [6, 6.07) is 6.00. The van der Waals surface area contributed by atoms with Gasteiger partial charge in [-0.3, -0.25) is 0 Å². The van der Waals surface area contributed by atoms with Gasteiger partial charge in [-0.1, -0.05) is 6.92 Å². The summed E-state index contributed by atoms with van der Waals surface area (Å²) in [6.07, 6.45) is 1.57. The number of rotatable bonds is 5. The SMILES string of the molecule is CC(CC(C)(O)CN)Sc1ccc2c(c1)OCCCO2. The predicted molar refractivity (Wildman–Crippen MR) is 81.7 cm³/mol. The Morgan fingerprint density at radius 3 is 2.75 bits per heavy atom. The van der Waals surface area contributed by atoms with Gasteiger partial charge in [0.05, 0.1) is 18.8 Å². The summed E-state index contributed by atoms with van der Waals surface area (Å²) in [4.78, 5) is 1.12. The van der Waals surface area contributed by atoms with Crippen molar-refractivity contribution in [2.45, 2.75) is 42.4 Å². The Morgan fingerprint density at radius 1 is 1.35 bits per heavy atom. The second-order valence-corrected chi connectivity index (χ2v) is 7.00. The molecule has 20 heavy (non-hydrogen) atoms. The first kappa shape index (κ1) is 15.5. The normalized spacial score (nSPS) is 19.0. The van der Waals surface area contributed by atoms with Gasteiger partial charge < -0.3 is 20.3 Å². The van der Waals surface area contributed by atoms with Crippen molar-refractivity contribution >= 4 is 11.8 Å². The van der Waals surface area contributed by atoms with E-state index in [-0.39, 0.29) is 11.8 Å². The fraction of sp³-hybridized carbons (Fsp3) is 0.600. The van der Waals surface area contributed by atoms with Gasteiger partial charge in [-0.15, -0.1) is 11.8 Å². The summed E-state index contributed by atoms with van der Waals surface area (Å²) in [6.45, 7) is 5.54. The molecule has 0 spiro atoms. The van der Waals surface area contributed by atoms with Crippen LogP contribution in [-0.2, 0) is 0 Å². The number of hydrogen-bond donors (Lipinski definition) is 2. The van der Waals surface area contributed by atoms with Crippen molar-refractivity contribution in [3.63, 3.8) is 0 Å². The number of aliphatic hydroxyl groups is 1. The van der Waals surface area contributed by atoms with Crippen molar-refractivity contribution in [2.75, 3.05) is 19.8 Å². The van der Waals surface area contributed by atoms with Crippen molar-refractivity contribution in [1.29, 1.82) is 0 Å². The smallest absolute Gasteiger partial charge is 0.162 e. The maximum atomic E-state index is 10.0. The lowest BCUT2D eigenvalue weighted by Crippen LogP contribution is -2.36. The number of thioether (sulfide) groups is 1. The minimum atomic E-state index is -0.808. The number of benzene rings is 1. The molecule has 1 heterocycles. The second kappa shape index (κ2) is 6.70. The maximum absolute atomic E-state index is 10.0. The van der Waals surface area contributed by atoms with E-state index in [9.17, 15) is 5.11 Å². The molecule has 1 aromatic rings. The Hall–Kier alpha value is -0.910. The Balaban J connectivity index is 2.01. The standard InChI is InChI=1S/C15H23NO3S/c1-11(9-15(2,17)10-16)20-12-4-5-13-14(8-12)19-7-3-6-18-13/h4-5,8,11,17H,3,6-7,9-10,16H2,1-2H3. The van der Waals surface area contributed by atoms with E-state index < -0.39 is 5.60 Å². The molecule has 0 saturated heterocycles. The fourth-order valence-corrected chi connectivity index (χ4v) is 3.42. The number of nitrogens with two attached hydrogens (primary N) is 1. The lowest BCUT2D eigenvalue weighted by Gasteiger charge is -2.24. The van der Waals surface area contributed by atoms with Gasteiger partial charge in [0.2, 0.25) is 0 Å². The van der Waals surface area contributed by atoms with Gasteiger partial charge in [0.1, 0.15) is 0 Å². The van der Waals surface area contributed by atoms with E-state index in [4.69, 9.17) is 15.2 Å². The van der Waals surface area contributed by atoms with Crippen molar-refractivity contribution in [1.82, 2.24) is 0 Å². The van der Waals surface area contributed by atoms with E-state index in [1.165, 1.54) is 0 Å². The van der Waals surface area contributed by atoms with Crippen LogP contribution in [0.15, 0.2) is 23.1 Å². The summed E-state index contributed by atoms with van der Waals surface area (Å²) in [7, 11) is 0. The van der Waals surface area contributed by atoms with Gasteiger partial charge in [0.25, 0.3) is 0 Å². The first-order chi connectivity index (χ1) is 9.50. The van der Waals surface area contributed by atoms with Crippen LogP contribution in [0.1, 0.15) is 26.7 Å². The third kappa shape index (κ3) is 4.30. The number of ether oxygens (including phenoxy) is 2. The average Bonchev–Trinajstić information content (AvgIpc) is 2.62. The van der Waals surface area contributed by atoms with Crippen LogP contribution >= 0.6 is 11.8 Å². The largest absolute Gasteiger partial charge is 0.490 e. The van der Waals surface area contributed by atoms with Crippen molar-refractivity contribution in [3.8, 4) is 11.5 Å². The maximum Gasteiger partial charge on any atom is 0.162 e. The number of hydrogen-bond acceptors (Lipinski definition) is 5. The first-order valence-corrected chi connectivity index (χ1v) is 7.87. The van der Waals surface area contributed by atoms with Gasteiger partial charge >= 0.3 is 0 Å². The molecule has 1 aliphatic heterocycles. The predicted octanol–water partition coefficient (Wildman–Crippen LogP) is 2.43. The zero-order chi connectivity index (χ0) is 14.6. The van der Waals surface area contributed by atoms with E-state index in [1.54, 1.807) is 18.7 Å². The Labute approximate surface area is 124 Å². The summed E-state index contributed by atoms with van der Waals surface area (Å²) < 4.78 is 11.3. The molecular formula is C15H23NO3S. The molecule has 112 valence electrons. The molecule has 1 aromatic carbocycles. The average molecular weight is 297 g/mol. The minimum Gasteiger partial charge on any atom is -0.490 e. The molecule has 2 unspecified atom stereocenters. The zero-order valence-electron chi connectivity index (χ0n) is 12.1. The molecule has 0 aromatic heterocycles. The van der Waals surface area contributed by atoms with Gasteiger partial charge in [0, 0.05) is 23.1 Å². The van der Waals surface area contributed by atoms with Crippen molar-refractivity contribution in [2.24, 2.45) is 5.73 Å². The van der Waals surface area contributed by atoms with Crippen LogP contribution in [0, 0.1) is 0 Å². The Kier molecular flexibility index (Phi) is 5.18. The van der Waals surface area contributed by atoms with E-state index in [0.29, 0.717) is 19.6 Å². The second-order valence-electron chi connectivity index (χ2n) is 5.49. The Morgan fingerprint density at radius 2 is 2.05 bits per heavy atom. The highest BCUT2D eigenvalue weighted by Gasteiger charge is 2.22. The molecule has 1 aliphatic rings. The van der Waals surface area contributed by atoms with Gasteiger partial charge in [-0.2, -0.15) is 0 Å². The molecule has 0 radical (unpaired) electrons. The van der Waals surface area contributed by atoms with Crippen LogP contribution in [0.2, 0.25) is 0 Å². The third-order valence-corrected chi connectivity index (χ3v) is 4.32. The molecule has 0 fully saturated rings. The van der Waals surface area contributed by atoms with Gasteiger partial charge in [0.15, 0.2) is 11.5 Å². The van der Waals surface area contributed by atoms with Gasteiger partial charge in [-0.05, 0) is 31.5 Å². The van der Waals surface area contributed by atoms with Crippen LogP contribution in [0.3, 0.4) is 0 Å². The zero-order valence-corrected chi connectivity index (χ0v) is 12.9. The molecule has 5 heteroatoms. The highest BCUT2D eigenvalue weighted by Crippen LogP contribution is 2.36. The van der Waals surface area contributed by atoms with E-state index >= 15 is 0 Å². The summed E-state index contributed by atoms with van der Waals surface area (Å²) in [5.41, 5.74) is 4.75. The van der Waals surface area contributed by atoms with E-state index in [1.807, 2.05) is 18.2 Å². The molecule has 0 amide bonds. The summed E-state index contributed by atoms with van der Waals surface area (Å²) in [5.74, 6) is 1.62. The molecule has 2 atom stereocenters. The highest BCUT2D eigenvalue weighted by atomic mass is 32.2. The Bertz CT molecular complexity index is 451. The van der Waals surface area contributed by atoms with Gasteiger partial charge in [-0.25, -0.2) is 0 Å². The molecule has 2 rings (SSSR count). The molecule has 3 N–H and O–H groups in total. The fourth-order valence-electron chi connectivity index (χ4n) is 2.19. The van der Waals surface area contributed by atoms with E-state index in [2.05, 4.69) is 6.92 Å². The molecule has 4 nitrogen and oxygen atoms in total. The molecular weight excluding hydrogens is 274 g/mol. The van der Waals surface area contributed by atoms with Crippen LogP contribution < -0.4 is 15.2 Å². The monoisotopic (exact) mass is 297 g/mol. The van der Waals surface area contributed by atoms with Crippen LogP contribution in [0.25, 0.3) is 0 Å². The minimum absolute atomic E-state index is 0.276. The lowest BCUT2D eigenvalue weighted by atomic mass is 10.0. The molecule has 0 aliphatic carbocycles. The summed E-state index contributed by atoms with van der Waals surface area (Å²) in [5, 5.41) is 10.3. The van der Waals surface area contributed by atoms with Crippen LogP contribution in [0.4, 0.5) is 0 Å². The van der Waals surface area contributed by atoms with E-state index in [0.717, 1.165) is 22.8 Å².